The Balaban J connectivity index is 2.32. The van der Waals surface area contributed by atoms with Gasteiger partial charge in [-0.2, -0.15) is 0 Å². The number of hydrogen-bond acceptors (Lipinski definition) is 3. The van der Waals surface area contributed by atoms with Crippen molar-refractivity contribution in [1.29, 1.82) is 0 Å². The molecule has 1 aliphatic rings. The van der Waals surface area contributed by atoms with Crippen molar-refractivity contribution in [2.45, 2.75) is 25.3 Å². The number of sulfone groups is 1. The summed E-state index contributed by atoms with van der Waals surface area (Å²) >= 11 is 3.18. The van der Waals surface area contributed by atoms with Gasteiger partial charge in [-0.3, -0.25) is 4.79 Å². The molecule has 0 unspecified atom stereocenters. The molecule has 1 saturated heterocycles. The van der Waals surface area contributed by atoms with Crippen molar-refractivity contribution in [3.63, 3.8) is 0 Å². The molecule has 1 fully saturated rings. The van der Waals surface area contributed by atoms with Crippen molar-refractivity contribution in [1.82, 2.24) is 5.32 Å². The molecule has 4 nitrogen and oxygen atoms in total. The Labute approximate surface area is 92.5 Å². The molecule has 1 heterocycles. The summed E-state index contributed by atoms with van der Waals surface area (Å²) in [4.78, 5) is 11.2. The quantitative estimate of drug-likeness (QED) is 0.766. The maximum absolute atomic E-state index is 11.2. The first-order chi connectivity index (χ1) is 6.53. The van der Waals surface area contributed by atoms with E-state index in [9.17, 15) is 13.2 Å². The largest absolute Gasteiger partial charge is 0.353 e. The van der Waals surface area contributed by atoms with Crippen LogP contribution in [0.4, 0.5) is 0 Å². The molecule has 6 heteroatoms. The summed E-state index contributed by atoms with van der Waals surface area (Å²) in [5.41, 5.74) is 0. The van der Waals surface area contributed by atoms with Gasteiger partial charge in [0.1, 0.15) is 9.84 Å². The number of nitrogens with one attached hydrogen (secondary N) is 1. The minimum atomic E-state index is -2.82. The maximum atomic E-state index is 11.2. The zero-order chi connectivity index (χ0) is 10.6. The lowest BCUT2D eigenvalue weighted by atomic mass is 10.1. The molecule has 0 aliphatic carbocycles. The number of alkyl halides is 1. The first kappa shape index (κ1) is 12.0. The van der Waals surface area contributed by atoms with E-state index in [1.165, 1.54) is 0 Å². The van der Waals surface area contributed by atoms with Gasteiger partial charge in [0.05, 0.1) is 11.5 Å². The van der Waals surface area contributed by atoms with Crippen molar-refractivity contribution >= 4 is 31.7 Å². The van der Waals surface area contributed by atoms with Gasteiger partial charge < -0.3 is 5.32 Å². The minimum absolute atomic E-state index is 0.00817. The number of amides is 1. The predicted molar refractivity (Wildman–Crippen MR) is 58.2 cm³/mol. The number of carbonyl (C=O) groups excluding carboxylic acids is 1. The highest BCUT2D eigenvalue weighted by atomic mass is 79.9. The van der Waals surface area contributed by atoms with Crippen LogP contribution >= 0.6 is 15.9 Å². The summed E-state index contributed by atoms with van der Waals surface area (Å²) in [5.74, 6) is 0.393. The summed E-state index contributed by atoms with van der Waals surface area (Å²) in [6, 6.07) is 0.0464. The molecule has 1 rings (SSSR count). The Kier molecular flexibility index (Phi) is 4.37. The molecule has 0 saturated carbocycles. The van der Waals surface area contributed by atoms with Crippen LogP contribution in [0.25, 0.3) is 0 Å². The van der Waals surface area contributed by atoms with E-state index in [1.807, 2.05) is 0 Å². The fraction of sp³-hybridized carbons (Fsp3) is 0.875. The fourth-order valence-corrected chi connectivity index (χ4v) is 3.27. The molecule has 0 aromatic carbocycles. The van der Waals surface area contributed by atoms with Crippen molar-refractivity contribution in [2.24, 2.45) is 0 Å². The predicted octanol–water partition coefficient (Wildman–Crippen LogP) is 0.465. The zero-order valence-corrected chi connectivity index (χ0v) is 10.2. The van der Waals surface area contributed by atoms with E-state index in [0.29, 0.717) is 24.6 Å². The van der Waals surface area contributed by atoms with Crippen LogP contribution < -0.4 is 5.32 Å². The number of hydrogen-bond donors (Lipinski definition) is 1. The third kappa shape index (κ3) is 3.96. The number of halogens is 1. The molecule has 1 amide bonds. The van der Waals surface area contributed by atoms with E-state index >= 15 is 0 Å². The molecule has 14 heavy (non-hydrogen) atoms. The Morgan fingerprint density at radius 3 is 2.43 bits per heavy atom. The second kappa shape index (κ2) is 5.11. The molecule has 0 atom stereocenters. The minimum Gasteiger partial charge on any atom is -0.353 e. The third-order valence-corrected chi connectivity index (χ3v) is 4.35. The smallest absolute Gasteiger partial charge is 0.221 e. The Morgan fingerprint density at radius 1 is 1.36 bits per heavy atom. The Hall–Kier alpha value is -0.100. The highest BCUT2D eigenvalue weighted by molar-refractivity contribution is 9.09. The zero-order valence-electron chi connectivity index (χ0n) is 7.83. The first-order valence-corrected chi connectivity index (χ1v) is 7.53. The van der Waals surface area contributed by atoms with Crippen LogP contribution in [0.1, 0.15) is 19.3 Å². The van der Waals surface area contributed by atoms with Gasteiger partial charge in [0.25, 0.3) is 0 Å². The monoisotopic (exact) mass is 283 g/mol. The van der Waals surface area contributed by atoms with E-state index in [4.69, 9.17) is 0 Å². The summed E-state index contributed by atoms with van der Waals surface area (Å²) in [7, 11) is -2.82. The van der Waals surface area contributed by atoms with Gasteiger partial charge in [0, 0.05) is 17.8 Å². The van der Waals surface area contributed by atoms with Gasteiger partial charge in [0.2, 0.25) is 5.91 Å². The van der Waals surface area contributed by atoms with Crippen LogP contribution in [0.2, 0.25) is 0 Å². The van der Waals surface area contributed by atoms with Crippen molar-refractivity contribution < 1.29 is 13.2 Å². The second-order valence-corrected chi connectivity index (χ2v) is 6.53. The number of carbonyl (C=O) groups is 1. The molecular formula is C8H14BrNO3S. The molecule has 0 aromatic rings. The summed E-state index contributed by atoms with van der Waals surface area (Å²) in [6.07, 6.45) is 1.55. The van der Waals surface area contributed by atoms with Crippen LogP contribution in [0.15, 0.2) is 0 Å². The van der Waals surface area contributed by atoms with Crippen molar-refractivity contribution in [3.8, 4) is 0 Å². The lowest BCUT2D eigenvalue weighted by molar-refractivity contribution is -0.121. The molecule has 0 aromatic heterocycles. The first-order valence-electron chi connectivity index (χ1n) is 4.59. The summed E-state index contributed by atoms with van der Waals surface area (Å²) < 4.78 is 22.2. The van der Waals surface area contributed by atoms with Crippen LogP contribution in [-0.2, 0) is 14.6 Å². The topological polar surface area (TPSA) is 63.2 Å². The highest BCUT2D eigenvalue weighted by Crippen LogP contribution is 2.12. The third-order valence-electron chi connectivity index (χ3n) is 2.24. The number of rotatable bonds is 3. The van der Waals surface area contributed by atoms with Gasteiger partial charge >= 0.3 is 0 Å². The highest BCUT2D eigenvalue weighted by Gasteiger charge is 2.24. The standard InChI is InChI=1S/C8H14BrNO3S/c9-4-1-8(11)10-7-2-5-14(12,13)6-3-7/h7H,1-6H2,(H,10,11). The maximum Gasteiger partial charge on any atom is 0.221 e. The van der Waals surface area contributed by atoms with Gasteiger partial charge in [-0.15, -0.1) is 0 Å². The summed E-state index contributed by atoms with van der Waals surface area (Å²) in [6.45, 7) is 0. The normalized spacial score (nSPS) is 21.8. The van der Waals surface area contributed by atoms with E-state index in [1.54, 1.807) is 0 Å². The Morgan fingerprint density at radius 2 is 1.93 bits per heavy atom. The van der Waals surface area contributed by atoms with Crippen LogP contribution in [0.5, 0.6) is 0 Å². The Bertz CT molecular complexity index is 288. The van der Waals surface area contributed by atoms with Crippen LogP contribution in [0, 0.1) is 0 Å². The molecule has 0 radical (unpaired) electrons. The second-order valence-electron chi connectivity index (χ2n) is 3.43. The molecule has 82 valence electrons. The molecular weight excluding hydrogens is 270 g/mol. The van der Waals surface area contributed by atoms with E-state index in [2.05, 4.69) is 21.2 Å². The fourth-order valence-electron chi connectivity index (χ4n) is 1.42. The molecule has 0 spiro atoms. The lowest BCUT2D eigenvalue weighted by Gasteiger charge is -2.22. The SMILES string of the molecule is O=C(CCBr)NC1CCS(=O)(=O)CC1. The average Bonchev–Trinajstić information content (AvgIpc) is 2.09. The molecule has 1 N–H and O–H groups in total. The average molecular weight is 284 g/mol. The van der Waals surface area contributed by atoms with E-state index < -0.39 is 9.84 Å². The summed E-state index contributed by atoms with van der Waals surface area (Å²) in [5, 5.41) is 3.47. The van der Waals surface area contributed by atoms with Gasteiger partial charge in [0.15, 0.2) is 0 Å². The van der Waals surface area contributed by atoms with Gasteiger partial charge in [-0.05, 0) is 12.8 Å². The van der Waals surface area contributed by atoms with Crippen molar-refractivity contribution in [3.05, 3.63) is 0 Å². The van der Waals surface area contributed by atoms with Crippen LogP contribution in [0.3, 0.4) is 0 Å². The lowest BCUT2D eigenvalue weighted by Crippen LogP contribution is -2.40. The van der Waals surface area contributed by atoms with Gasteiger partial charge in [-0.25, -0.2) is 8.42 Å². The van der Waals surface area contributed by atoms with Crippen molar-refractivity contribution in [2.75, 3.05) is 16.8 Å². The van der Waals surface area contributed by atoms with E-state index in [0.717, 1.165) is 0 Å². The molecule has 0 bridgehead atoms. The van der Waals surface area contributed by atoms with Gasteiger partial charge in [-0.1, -0.05) is 15.9 Å². The van der Waals surface area contributed by atoms with E-state index in [-0.39, 0.29) is 23.5 Å². The molecule has 1 aliphatic heterocycles. The van der Waals surface area contributed by atoms with Crippen LogP contribution in [-0.4, -0.2) is 37.2 Å².